The van der Waals surface area contributed by atoms with Crippen LogP contribution in [-0.2, 0) is 10.2 Å². The highest BCUT2D eigenvalue weighted by molar-refractivity contribution is 6.04. The number of aromatic nitrogens is 3. The first-order chi connectivity index (χ1) is 15.0. The molecule has 31 heavy (non-hydrogen) atoms. The Morgan fingerprint density at radius 1 is 1.29 bits per heavy atom. The van der Waals surface area contributed by atoms with Crippen molar-refractivity contribution in [2.45, 2.75) is 62.6 Å². The van der Waals surface area contributed by atoms with Gasteiger partial charge in [0.2, 0.25) is 0 Å². The van der Waals surface area contributed by atoms with Gasteiger partial charge in [0.1, 0.15) is 5.82 Å². The molecule has 2 atom stereocenters. The number of anilines is 1. The van der Waals surface area contributed by atoms with Gasteiger partial charge < -0.3 is 19.2 Å². The van der Waals surface area contributed by atoms with Crippen molar-refractivity contribution in [2.24, 2.45) is 0 Å². The van der Waals surface area contributed by atoms with Crippen molar-refractivity contribution in [3.05, 3.63) is 54.1 Å². The normalized spacial score (nSPS) is 27.4. The summed E-state index contributed by atoms with van der Waals surface area (Å²) in [6.07, 6.45) is 12.1. The highest BCUT2D eigenvalue weighted by atomic mass is 16.5. The van der Waals surface area contributed by atoms with Crippen LogP contribution in [0.25, 0.3) is 5.65 Å². The molecule has 3 aromatic rings. The highest BCUT2D eigenvalue weighted by Gasteiger charge is 2.55. The van der Waals surface area contributed by atoms with Crippen molar-refractivity contribution in [3.63, 3.8) is 0 Å². The molecule has 2 aliphatic carbocycles. The summed E-state index contributed by atoms with van der Waals surface area (Å²) in [7, 11) is 0. The largest absolute Gasteiger partial charge is 0.486 e. The van der Waals surface area contributed by atoms with Crippen LogP contribution in [0.3, 0.4) is 0 Å². The van der Waals surface area contributed by atoms with E-state index in [0.29, 0.717) is 23.7 Å². The summed E-state index contributed by atoms with van der Waals surface area (Å²) in [5, 5.41) is 2.86. The highest BCUT2D eigenvalue weighted by Crippen LogP contribution is 2.53. The molecule has 0 aromatic carbocycles. The number of fused-ring (bicyclic) bond motifs is 3. The molecule has 0 radical (unpaired) electrons. The molecular formula is C24H26N4O3. The average molecular weight is 418 g/mol. The lowest BCUT2D eigenvalue weighted by Gasteiger charge is -2.26. The van der Waals surface area contributed by atoms with E-state index >= 15 is 0 Å². The second kappa shape index (κ2) is 6.79. The molecule has 2 bridgehead atoms. The minimum Gasteiger partial charge on any atom is -0.486 e. The summed E-state index contributed by atoms with van der Waals surface area (Å²) >= 11 is 0. The van der Waals surface area contributed by atoms with Crippen molar-refractivity contribution in [1.29, 1.82) is 0 Å². The number of hydrogen-bond donors (Lipinski definition) is 1. The van der Waals surface area contributed by atoms with E-state index in [1.165, 1.54) is 6.42 Å². The summed E-state index contributed by atoms with van der Waals surface area (Å²) in [6.45, 7) is 2.90. The van der Waals surface area contributed by atoms with E-state index < -0.39 is 0 Å². The van der Waals surface area contributed by atoms with Crippen LogP contribution >= 0.6 is 0 Å². The molecule has 7 heteroatoms. The first-order valence-corrected chi connectivity index (χ1v) is 11.1. The molecular weight excluding hydrogens is 392 g/mol. The standard InChI is InChI=1S/C24H26N4O3/c1-23-8-9-24(14-23,15-30-23)19-13-28-12-16(22(29)27-20-7-2-3-10-25-20)11-18(21(28)26-19)31-17-5-4-6-17/h2-3,7,10-13,17H,4-6,8-9,14-15H2,1H3,(H,25,27,29)/t23-,24-/m0/s1. The topological polar surface area (TPSA) is 77.8 Å². The van der Waals surface area contributed by atoms with Crippen LogP contribution < -0.4 is 10.1 Å². The number of carbonyl (C=O) groups excluding carboxylic acids is 1. The minimum absolute atomic E-state index is 0.0329. The van der Waals surface area contributed by atoms with Crippen molar-refractivity contribution in [3.8, 4) is 5.75 Å². The van der Waals surface area contributed by atoms with E-state index in [2.05, 4.69) is 23.4 Å². The Morgan fingerprint density at radius 2 is 2.19 bits per heavy atom. The van der Waals surface area contributed by atoms with Gasteiger partial charge in [-0.25, -0.2) is 9.97 Å². The molecule has 0 unspecified atom stereocenters. The molecule has 3 aliphatic rings. The summed E-state index contributed by atoms with van der Waals surface area (Å²) in [5.74, 6) is 0.971. The van der Waals surface area contributed by atoms with E-state index in [0.717, 1.165) is 43.4 Å². The zero-order valence-electron chi connectivity index (χ0n) is 17.6. The van der Waals surface area contributed by atoms with Gasteiger partial charge in [-0.1, -0.05) is 6.07 Å². The fraction of sp³-hybridized carbons (Fsp3) is 0.458. The Kier molecular flexibility index (Phi) is 4.12. The van der Waals surface area contributed by atoms with Crippen LogP contribution in [0, 0.1) is 0 Å². The van der Waals surface area contributed by atoms with E-state index in [1.54, 1.807) is 12.3 Å². The van der Waals surface area contributed by atoms with Gasteiger partial charge in [-0.05, 0) is 63.6 Å². The molecule has 6 rings (SSSR count). The van der Waals surface area contributed by atoms with E-state index in [4.69, 9.17) is 14.5 Å². The maximum absolute atomic E-state index is 12.9. The van der Waals surface area contributed by atoms with Crippen molar-refractivity contribution in [2.75, 3.05) is 11.9 Å². The number of nitrogens with zero attached hydrogens (tertiary/aromatic N) is 3. The lowest BCUT2D eigenvalue weighted by molar-refractivity contribution is -0.00627. The smallest absolute Gasteiger partial charge is 0.258 e. The molecule has 4 heterocycles. The van der Waals surface area contributed by atoms with E-state index in [1.807, 2.05) is 28.8 Å². The summed E-state index contributed by atoms with van der Waals surface area (Å²) < 4.78 is 14.3. The monoisotopic (exact) mass is 418 g/mol. The Hall–Kier alpha value is -2.93. The molecule has 3 fully saturated rings. The first-order valence-electron chi connectivity index (χ1n) is 11.1. The minimum atomic E-state index is -0.217. The van der Waals surface area contributed by atoms with Gasteiger partial charge in [-0.2, -0.15) is 0 Å². The van der Waals surface area contributed by atoms with Crippen LogP contribution in [0.15, 0.2) is 42.9 Å². The molecule has 1 saturated heterocycles. The molecule has 160 valence electrons. The van der Waals surface area contributed by atoms with Crippen LogP contribution in [0.1, 0.15) is 61.5 Å². The molecule has 2 saturated carbocycles. The quantitative estimate of drug-likeness (QED) is 0.674. The molecule has 0 spiro atoms. The van der Waals surface area contributed by atoms with Crippen LogP contribution in [0.5, 0.6) is 5.75 Å². The molecule has 3 aromatic heterocycles. The SMILES string of the molecule is C[C@@]12CC[C@@](c3cn4cc(C(=O)Nc5ccccn5)cc(OC5CCC5)c4n3)(CO1)C2. The summed E-state index contributed by atoms with van der Waals surface area (Å²) in [4.78, 5) is 22.1. The predicted octanol–water partition coefficient (Wildman–Crippen LogP) is 4.12. The first kappa shape index (κ1) is 18.8. The Morgan fingerprint density at radius 3 is 2.84 bits per heavy atom. The summed E-state index contributed by atoms with van der Waals surface area (Å²) in [5.41, 5.74) is 2.26. The number of rotatable bonds is 5. The fourth-order valence-corrected chi connectivity index (χ4v) is 5.07. The van der Waals surface area contributed by atoms with Gasteiger partial charge in [-0.15, -0.1) is 0 Å². The number of ether oxygens (including phenoxy) is 2. The van der Waals surface area contributed by atoms with Gasteiger partial charge in [0.05, 0.1) is 29.6 Å². The van der Waals surface area contributed by atoms with Crippen molar-refractivity contribution < 1.29 is 14.3 Å². The Balaban J connectivity index is 1.39. The van der Waals surface area contributed by atoms with Crippen LogP contribution in [-0.4, -0.2) is 38.6 Å². The molecule has 1 amide bonds. The van der Waals surface area contributed by atoms with Crippen molar-refractivity contribution >= 4 is 17.4 Å². The van der Waals surface area contributed by atoms with E-state index in [9.17, 15) is 4.79 Å². The average Bonchev–Trinajstić information content (AvgIpc) is 3.42. The zero-order chi connectivity index (χ0) is 21.1. The lowest BCUT2D eigenvalue weighted by Crippen LogP contribution is -2.26. The number of imidazole rings is 1. The van der Waals surface area contributed by atoms with Gasteiger partial charge in [-0.3, -0.25) is 4.79 Å². The van der Waals surface area contributed by atoms with Crippen molar-refractivity contribution in [1.82, 2.24) is 14.4 Å². The molecule has 1 N–H and O–H groups in total. The van der Waals surface area contributed by atoms with Crippen LogP contribution in [0.2, 0.25) is 0 Å². The third kappa shape index (κ3) is 3.19. The third-order valence-corrected chi connectivity index (χ3v) is 7.12. The third-order valence-electron chi connectivity index (χ3n) is 7.12. The molecule has 7 nitrogen and oxygen atoms in total. The number of carbonyl (C=O) groups is 1. The summed E-state index contributed by atoms with van der Waals surface area (Å²) in [6, 6.07) is 7.25. The fourth-order valence-electron chi connectivity index (χ4n) is 5.07. The number of pyridine rings is 2. The van der Waals surface area contributed by atoms with Gasteiger partial charge in [0.15, 0.2) is 11.4 Å². The number of amides is 1. The molecule has 1 aliphatic heterocycles. The number of nitrogens with one attached hydrogen (secondary N) is 1. The van der Waals surface area contributed by atoms with Gasteiger partial charge >= 0.3 is 0 Å². The van der Waals surface area contributed by atoms with Gasteiger partial charge in [0, 0.05) is 24.0 Å². The Bertz CT molecular complexity index is 1140. The van der Waals surface area contributed by atoms with E-state index in [-0.39, 0.29) is 23.0 Å². The maximum Gasteiger partial charge on any atom is 0.258 e. The second-order valence-electron chi connectivity index (χ2n) is 9.49. The van der Waals surface area contributed by atoms with Gasteiger partial charge in [0.25, 0.3) is 5.91 Å². The lowest BCUT2D eigenvalue weighted by atomic mass is 9.84. The second-order valence-corrected chi connectivity index (χ2v) is 9.49. The maximum atomic E-state index is 12.9. The zero-order valence-corrected chi connectivity index (χ0v) is 17.6. The number of hydrogen-bond acceptors (Lipinski definition) is 5. The Labute approximate surface area is 180 Å². The van der Waals surface area contributed by atoms with Crippen LogP contribution in [0.4, 0.5) is 5.82 Å². The predicted molar refractivity (Wildman–Crippen MR) is 116 cm³/mol.